The molecule has 2 aromatic carbocycles. The Hall–Kier alpha value is -3.67. The third-order valence-corrected chi connectivity index (χ3v) is 6.48. The average Bonchev–Trinajstić information content (AvgIpc) is 2.81. The maximum absolute atomic E-state index is 13.6. The first kappa shape index (κ1) is 28.6. The molecular formula is C24H32N4O7S. The molecule has 0 unspecified atom stereocenters. The summed E-state index contributed by atoms with van der Waals surface area (Å²) in [6, 6.07) is 10.9. The van der Waals surface area contributed by atoms with Crippen LogP contribution in [-0.2, 0) is 26.2 Å². The summed E-state index contributed by atoms with van der Waals surface area (Å²) in [5.41, 5.74) is 0.372. The molecule has 0 saturated heterocycles. The summed E-state index contributed by atoms with van der Waals surface area (Å²) in [6.45, 7) is 4.76. The second-order valence-electron chi connectivity index (χ2n) is 8.50. The van der Waals surface area contributed by atoms with E-state index in [9.17, 15) is 28.1 Å². The molecule has 12 heteroatoms. The van der Waals surface area contributed by atoms with Crippen molar-refractivity contribution in [3.8, 4) is 5.75 Å². The van der Waals surface area contributed by atoms with Crippen LogP contribution in [0.2, 0.25) is 0 Å². The maximum Gasteiger partial charge on any atom is 0.271 e. The molecule has 2 rings (SSSR count). The summed E-state index contributed by atoms with van der Waals surface area (Å²) in [5, 5.41) is 14.0. The van der Waals surface area contributed by atoms with Gasteiger partial charge in [0.05, 0.1) is 24.0 Å². The van der Waals surface area contributed by atoms with Crippen LogP contribution < -0.4 is 14.4 Å². The predicted octanol–water partition coefficient (Wildman–Crippen LogP) is 2.70. The third kappa shape index (κ3) is 7.67. The lowest BCUT2D eigenvalue weighted by Gasteiger charge is -2.33. The van der Waals surface area contributed by atoms with Gasteiger partial charge in [0.1, 0.15) is 18.3 Å². The summed E-state index contributed by atoms with van der Waals surface area (Å²) >= 11 is 0. The number of hydrogen-bond donors (Lipinski definition) is 1. The first-order chi connectivity index (χ1) is 16.9. The highest BCUT2D eigenvalue weighted by Gasteiger charge is 2.32. The highest BCUT2D eigenvalue weighted by molar-refractivity contribution is 7.92. The molecule has 0 spiro atoms. The number of benzene rings is 2. The number of non-ortho nitro benzene ring substituents is 1. The van der Waals surface area contributed by atoms with Gasteiger partial charge in [-0.1, -0.05) is 25.1 Å². The van der Waals surface area contributed by atoms with Crippen LogP contribution in [0.4, 0.5) is 11.4 Å². The van der Waals surface area contributed by atoms with Gasteiger partial charge in [-0.3, -0.25) is 24.0 Å². The number of nitro groups is 1. The highest BCUT2D eigenvalue weighted by Crippen LogP contribution is 2.24. The quantitative estimate of drug-likeness (QED) is 0.335. The Bertz CT molecular complexity index is 1180. The summed E-state index contributed by atoms with van der Waals surface area (Å²) in [6.07, 6.45) is 1.20. The van der Waals surface area contributed by atoms with Crippen molar-refractivity contribution in [1.29, 1.82) is 0 Å². The molecule has 0 aliphatic rings. The molecule has 1 N–H and O–H groups in total. The van der Waals surface area contributed by atoms with Gasteiger partial charge in [-0.15, -0.1) is 0 Å². The van der Waals surface area contributed by atoms with Gasteiger partial charge in [0.15, 0.2) is 0 Å². The second-order valence-corrected chi connectivity index (χ2v) is 10.4. The monoisotopic (exact) mass is 520 g/mol. The van der Waals surface area contributed by atoms with E-state index in [0.717, 1.165) is 16.6 Å². The number of methoxy groups -OCH3 is 1. The van der Waals surface area contributed by atoms with Crippen LogP contribution in [0.15, 0.2) is 48.5 Å². The molecule has 2 amide bonds. The number of anilines is 1. The second kappa shape index (κ2) is 12.3. The zero-order valence-electron chi connectivity index (χ0n) is 21.0. The largest absolute Gasteiger partial charge is 0.497 e. The van der Waals surface area contributed by atoms with Crippen molar-refractivity contribution in [3.63, 3.8) is 0 Å². The Kier molecular flexibility index (Phi) is 9.79. The number of amides is 2. The molecular weight excluding hydrogens is 488 g/mol. The standard InChI is InChI=1S/C24H32N4O7S/c1-6-22(24(30)25-17(2)3)26(15-18-10-12-21(35-4)13-11-18)23(29)16-27(36(5,33)34)19-8-7-9-20(14-19)28(31)32/h7-14,17,22H,6,15-16H2,1-5H3,(H,25,30)/t22-/m0/s1. The molecule has 0 fully saturated rings. The van der Waals surface area contributed by atoms with Gasteiger partial charge in [0, 0.05) is 24.7 Å². The van der Waals surface area contributed by atoms with Crippen LogP contribution in [0, 0.1) is 10.1 Å². The number of sulfonamides is 1. The molecule has 196 valence electrons. The summed E-state index contributed by atoms with van der Waals surface area (Å²) in [5.74, 6) is -0.376. The molecule has 1 atom stereocenters. The predicted molar refractivity (Wildman–Crippen MR) is 136 cm³/mol. The van der Waals surface area contributed by atoms with Gasteiger partial charge >= 0.3 is 0 Å². The van der Waals surface area contributed by atoms with E-state index < -0.39 is 33.4 Å². The molecule has 36 heavy (non-hydrogen) atoms. The summed E-state index contributed by atoms with van der Waals surface area (Å²) in [4.78, 5) is 38.4. The van der Waals surface area contributed by atoms with Crippen molar-refractivity contribution in [2.24, 2.45) is 0 Å². The van der Waals surface area contributed by atoms with Gasteiger partial charge in [0.25, 0.3) is 5.69 Å². The number of carbonyl (C=O) groups is 2. The van der Waals surface area contributed by atoms with E-state index in [4.69, 9.17) is 4.74 Å². The van der Waals surface area contributed by atoms with Crippen molar-refractivity contribution in [2.45, 2.75) is 45.8 Å². The van der Waals surface area contributed by atoms with Crippen LogP contribution in [0.1, 0.15) is 32.8 Å². The van der Waals surface area contributed by atoms with Gasteiger partial charge in [0.2, 0.25) is 21.8 Å². The van der Waals surface area contributed by atoms with Gasteiger partial charge in [-0.05, 0) is 44.0 Å². The number of ether oxygens (including phenoxy) is 1. The molecule has 2 aromatic rings. The molecule has 0 saturated carbocycles. The smallest absolute Gasteiger partial charge is 0.271 e. The normalized spacial score (nSPS) is 12.1. The lowest BCUT2D eigenvalue weighted by atomic mass is 10.1. The number of nitro benzene ring substituents is 1. The van der Waals surface area contributed by atoms with Crippen LogP contribution in [0.3, 0.4) is 0 Å². The third-order valence-electron chi connectivity index (χ3n) is 5.34. The van der Waals surface area contributed by atoms with Crippen molar-refractivity contribution < 1.29 is 27.7 Å². The number of hydrogen-bond acceptors (Lipinski definition) is 7. The van der Waals surface area contributed by atoms with E-state index in [1.807, 2.05) is 0 Å². The van der Waals surface area contributed by atoms with E-state index in [0.29, 0.717) is 11.3 Å². The lowest BCUT2D eigenvalue weighted by molar-refractivity contribution is -0.384. The topological polar surface area (TPSA) is 139 Å². The first-order valence-electron chi connectivity index (χ1n) is 11.3. The van der Waals surface area contributed by atoms with Crippen molar-refractivity contribution in [3.05, 3.63) is 64.2 Å². The molecule has 0 bridgehead atoms. The molecule has 0 aliphatic carbocycles. The van der Waals surface area contributed by atoms with Crippen molar-refractivity contribution in [2.75, 3.05) is 24.2 Å². The van der Waals surface area contributed by atoms with Crippen molar-refractivity contribution in [1.82, 2.24) is 10.2 Å². The first-order valence-corrected chi connectivity index (χ1v) is 13.2. The Morgan fingerprint density at radius 1 is 1.14 bits per heavy atom. The van der Waals surface area contributed by atoms with Crippen LogP contribution in [0.25, 0.3) is 0 Å². The van der Waals surface area contributed by atoms with Crippen LogP contribution in [-0.4, -0.2) is 62.0 Å². The maximum atomic E-state index is 13.6. The minimum atomic E-state index is -4.00. The molecule has 11 nitrogen and oxygen atoms in total. The number of carbonyl (C=O) groups excluding carboxylic acids is 2. The Morgan fingerprint density at radius 2 is 1.78 bits per heavy atom. The van der Waals surface area contributed by atoms with Crippen molar-refractivity contribution >= 4 is 33.2 Å². The lowest BCUT2D eigenvalue weighted by Crippen LogP contribution is -2.53. The average molecular weight is 521 g/mol. The van der Waals surface area contributed by atoms with E-state index >= 15 is 0 Å². The van der Waals surface area contributed by atoms with E-state index in [1.165, 1.54) is 30.2 Å². The van der Waals surface area contributed by atoms with Gasteiger partial charge < -0.3 is 15.0 Å². The highest BCUT2D eigenvalue weighted by atomic mass is 32.2. The zero-order chi connectivity index (χ0) is 27.0. The molecule has 0 radical (unpaired) electrons. The van der Waals surface area contributed by atoms with E-state index in [2.05, 4.69) is 5.32 Å². The zero-order valence-corrected chi connectivity index (χ0v) is 21.8. The SMILES string of the molecule is CC[C@@H](C(=O)NC(C)C)N(Cc1ccc(OC)cc1)C(=O)CN(c1cccc([N+](=O)[O-])c1)S(C)(=O)=O. The minimum absolute atomic E-state index is 0.0240. The fraction of sp³-hybridized carbons (Fsp3) is 0.417. The molecule has 0 aliphatic heterocycles. The van der Waals surface area contributed by atoms with Gasteiger partial charge in [-0.25, -0.2) is 8.42 Å². The molecule has 0 heterocycles. The summed E-state index contributed by atoms with van der Waals surface area (Å²) < 4.78 is 31.2. The Labute approximate surface area is 211 Å². The van der Waals surface area contributed by atoms with Gasteiger partial charge in [-0.2, -0.15) is 0 Å². The Morgan fingerprint density at radius 3 is 2.28 bits per heavy atom. The molecule has 0 aromatic heterocycles. The van der Waals surface area contributed by atoms with E-state index in [1.54, 1.807) is 45.0 Å². The number of rotatable bonds is 12. The van der Waals surface area contributed by atoms with Crippen LogP contribution >= 0.6 is 0 Å². The number of nitrogens with one attached hydrogen (secondary N) is 1. The van der Waals surface area contributed by atoms with E-state index in [-0.39, 0.29) is 36.3 Å². The Balaban J connectivity index is 2.47. The fourth-order valence-corrected chi connectivity index (χ4v) is 4.44. The minimum Gasteiger partial charge on any atom is -0.497 e. The number of nitrogens with zero attached hydrogens (tertiary/aromatic N) is 3. The van der Waals surface area contributed by atoms with Crippen LogP contribution in [0.5, 0.6) is 5.75 Å². The fourth-order valence-electron chi connectivity index (χ4n) is 3.60. The summed E-state index contributed by atoms with van der Waals surface area (Å²) in [7, 11) is -2.47.